The molecule has 1 aliphatic heterocycles. The maximum absolute atomic E-state index is 13.8. The molecule has 8 heteroatoms. The number of aromatic hydroxyl groups is 1. The molecule has 0 saturated carbocycles. The number of nitrogens with zero attached hydrogens (tertiary/aromatic N) is 1. The van der Waals surface area contributed by atoms with E-state index in [1.807, 2.05) is 6.92 Å². The fourth-order valence-corrected chi connectivity index (χ4v) is 3.15. The van der Waals surface area contributed by atoms with Crippen LogP contribution in [0.3, 0.4) is 0 Å². The van der Waals surface area contributed by atoms with Gasteiger partial charge in [0.1, 0.15) is 35.5 Å². The number of benzene rings is 2. The van der Waals surface area contributed by atoms with Crippen LogP contribution >= 0.6 is 0 Å². The smallest absolute Gasteiger partial charge is 0.357 e. The number of halogens is 1. The van der Waals surface area contributed by atoms with Crippen molar-refractivity contribution in [3.8, 4) is 11.5 Å². The van der Waals surface area contributed by atoms with Gasteiger partial charge in [-0.2, -0.15) is 5.10 Å². The van der Waals surface area contributed by atoms with E-state index in [2.05, 4.69) is 15.5 Å². The summed E-state index contributed by atoms with van der Waals surface area (Å²) in [7, 11) is 0. The zero-order valence-electron chi connectivity index (χ0n) is 14.7. The van der Waals surface area contributed by atoms with E-state index in [-0.39, 0.29) is 35.4 Å². The number of cyclic esters (lactones) is 1. The quantitative estimate of drug-likeness (QED) is 0.523. The first-order valence-corrected chi connectivity index (χ1v) is 8.53. The maximum Gasteiger partial charge on any atom is 0.357 e. The van der Waals surface area contributed by atoms with Crippen LogP contribution in [0.5, 0.6) is 11.5 Å². The van der Waals surface area contributed by atoms with Crippen molar-refractivity contribution in [2.45, 2.75) is 26.0 Å². The Morgan fingerprint density at radius 3 is 2.89 bits per heavy atom. The third kappa shape index (κ3) is 3.14. The minimum Gasteiger partial charge on any atom is -0.506 e. The Kier molecular flexibility index (Phi) is 4.10. The standard InChI is InChI=1S/C19H18FN3O4/c1-9-8-26-19(25)18-14-6-12(7-15(24)17(14)22-23-18)21-10(2)13-5-11(20)3-4-16(13)27-9/h3-7,9-10,21,24H,8H2,1-2H3,(H,22,23)/t9-,10+/m0/s1. The summed E-state index contributed by atoms with van der Waals surface area (Å²) in [5.41, 5.74) is 1.57. The summed E-state index contributed by atoms with van der Waals surface area (Å²) in [4.78, 5) is 12.4. The largest absolute Gasteiger partial charge is 0.506 e. The predicted molar refractivity (Wildman–Crippen MR) is 96.6 cm³/mol. The lowest BCUT2D eigenvalue weighted by Gasteiger charge is -2.22. The number of hydrogen-bond acceptors (Lipinski definition) is 6. The third-order valence-corrected chi connectivity index (χ3v) is 4.44. The number of carbonyl (C=O) groups is 1. The maximum atomic E-state index is 13.8. The molecule has 2 bridgehead atoms. The minimum absolute atomic E-state index is 0.00362. The number of aromatic amines is 1. The number of aromatic nitrogens is 2. The Morgan fingerprint density at radius 2 is 2.07 bits per heavy atom. The van der Waals surface area contributed by atoms with E-state index in [9.17, 15) is 14.3 Å². The molecule has 1 aromatic heterocycles. The van der Waals surface area contributed by atoms with Crippen LogP contribution in [0.15, 0.2) is 30.3 Å². The predicted octanol–water partition coefficient (Wildman–Crippen LogP) is 3.52. The number of esters is 1. The van der Waals surface area contributed by atoms with Crippen LogP contribution in [0, 0.1) is 5.82 Å². The molecule has 1 aliphatic rings. The minimum atomic E-state index is -0.601. The van der Waals surface area contributed by atoms with E-state index in [0.29, 0.717) is 22.4 Å². The molecule has 2 atom stereocenters. The van der Waals surface area contributed by atoms with Gasteiger partial charge in [0.25, 0.3) is 0 Å². The highest BCUT2D eigenvalue weighted by atomic mass is 19.1. The Labute approximate surface area is 154 Å². The van der Waals surface area contributed by atoms with Crippen LogP contribution < -0.4 is 10.1 Å². The van der Waals surface area contributed by atoms with E-state index in [4.69, 9.17) is 9.47 Å². The van der Waals surface area contributed by atoms with Gasteiger partial charge in [-0.15, -0.1) is 0 Å². The average molecular weight is 371 g/mol. The molecule has 0 unspecified atom stereocenters. The van der Waals surface area contributed by atoms with Crippen molar-refractivity contribution in [1.29, 1.82) is 0 Å². The SMILES string of the molecule is C[C@H]1COC(=O)c2[nH]nc3c(O)cc(cc23)N[C@H](C)c2cc(F)ccc2O1. The highest BCUT2D eigenvalue weighted by Crippen LogP contribution is 2.34. The molecular formula is C19H18FN3O4. The van der Waals surface area contributed by atoms with Crippen LogP contribution in [0.1, 0.15) is 35.9 Å². The molecular weight excluding hydrogens is 353 g/mol. The van der Waals surface area contributed by atoms with Gasteiger partial charge < -0.3 is 19.9 Å². The molecule has 27 heavy (non-hydrogen) atoms. The van der Waals surface area contributed by atoms with Gasteiger partial charge in [0.05, 0.1) is 6.04 Å². The molecule has 0 radical (unpaired) electrons. The normalized spacial score (nSPS) is 19.9. The Bertz CT molecular complexity index is 1030. The number of H-pyrrole nitrogens is 1. The molecule has 2 aromatic carbocycles. The molecule has 3 aromatic rings. The number of nitrogens with one attached hydrogen (secondary N) is 2. The number of fused-ring (bicyclic) bond motifs is 2. The van der Waals surface area contributed by atoms with Crippen LogP contribution in [0.2, 0.25) is 0 Å². The van der Waals surface area contributed by atoms with Crippen LogP contribution in [0.4, 0.5) is 10.1 Å². The number of rotatable bonds is 0. The number of ether oxygens (including phenoxy) is 2. The van der Waals surface area contributed by atoms with Crippen LogP contribution in [-0.2, 0) is 4.74 Å². The molecule has 140 valence electrons. The van der Waals surface area contributed by atoms with E-state index in [1.165, 1.54) is 18.2 Å². The lowest BCUT2D eigenvalue weighted by Crippen LogP contribution is -2.23. The van der Waals surface area contributed by atoms with E-state index >= 15 is 0 Å². The summed E-state index contributed by atoms with van der Waals surface area (Å²) >= 11 is 0. The van der Waals surface area contributed by atoms with Crippen molar-refractivity contribution >= 4 is 22.6 Å². The van der Waals surface area contributed by atoms with Crippen molar-refractivity contribution in [2.24, 2.45) is 0 Å². The first kappa shape index (κ1) is 17.1. The molecule has 0 aliphatic carbocycles. The molecule has 7 nitrogen and oxygen atoms in total. The summed E-state index contributed by atoms with van der Waals surface area (Å²) in [5, 5.41) is 20.5. The monoisotopic (exact) mass is 371 g/mol. The van der Waals surface area contributed by atoms with Crippen molar-refractivity contribution in [3.05, 3.63) is 47.4 Å². The van der Waals surface area contributed by atoms with Crippen LogP contribution in [-0.4, -0.2) is 34.0 Å². The van der Waals surface area contributed by atoms with Gasteiger partial charge >= 0.3 is 5.97 Å². The second kappa shape index (κ2) is 6.46. The van der Waals surface area contributed by atoms with Crippen molar-refractivity contribution in [1.82, 2.24) is 10.2 Å². The van der Waals surface area contributed by atoms with Gasteiger partial charge in [-0.25, -0.2) is 9.18 Å². The Hall–Kier alpha value is -3.29. The average Bonchev–Trinajstić information content (AvgIpc) is 3.05. The summed E-state index contributed by atoms with van der Waals surface area (Å²) in [6.45, 7) is 3.61. The molecule has 0 saturated heterocycles. The summed E-state index contributed by atoms with van der Waals surface area (Å²) in [6.07, 6.45) is -0.443. The van der Waals surface area contributed by atoms with Gasteiger partial charge in [-0.05, 0) is 38.1 Å². The summed E-state index contributed by atoms with van der Waals surface area (Å²) in [5.74, 6) is -0.581. The van der Waals surface area contributed by atoms with Crippen molar-refractivity contribution in [2.75, 3.05) is 11.9 Å². The van der Waals surface area contributed by atoms with E-state index < -0.39 is 12.1 Å². The second-order valence-corrected chi connectivity index (χ2v) is 6.57. The Balaban J connectivity index is 1.85. The lowest BCUT2D eigenvalue weighted by atomic mass is 10.1. The number of phenols is 1. The summed E-state index contributed by atoms with van der Waals surface area (Å²) < 4.78 is 25.0. The zero-order valence-corrected chi connectivity index (χ0v) is 14.7. The van der Waals surface area contributed by atoms with E-state index in [1.54, 1.807) is 19.1 Å². The number of hydrogen-bond donors (Lipinski definition) is 3. The molecule has 2 heterocycles. The van der Waals surface area contributed by atoms with E-state index in [0.717, 1.165) is 0 Å². The van der Waals surface area contributed by atoms with Gasteiger partial charge in [-0.3, -0.25) is 5.10 Å². The first-order valence-electron chi connectivity index (χ1n) is 8.53. The second-order valence-electron chi connectivity index (χ2n) is 6.57. The summed E-state index contributed by atoms with van der Waals surface area (Å²) in [6, 6.07) is 7.12. The third-order valence-electron chi connectivity index (χ3n) is 4.44. The molecule has 4 rings (SSSR count). The first-order chi connectivity index (χ1) is 12.9. The molecule has 0 spiro atoms. The van der Waals surface area contributed by atoms with Gasteiger partial charge in [0.2, 0.25) is 0 Å². The fourth-order valence-electron chi connectivity index (χ4n) is 3.15. The zero-order chi connectivity index (χ0) is 19.1. The number of anilines is 1. The fraction of sp³-hybridized carbons (Fsp3) is 0.263. The molecule has 0 fully saturated rings. The number of phenolic OH excluding ortho intramolecular Hbond substituents is 1. The molecule has 3 N–H and O–H groups in total. The van der Waals surface area contributed by atoms with Gasteiger partial charge in [-0.1, -0.05) is 0 Å². The van der Waals surface area contributed by atoms with Gasteiger partial charge in [0, 0.05) is 22.7 Å². The molecule has 0 amide bonds. The Morgan fingerprint density at radius 1 is 1.26 bits per heavy atom. The van der Waals surface area contributed by atoms with Crippen molar-refractivity contribution < 1.29 is 23.8 Å². The van der Waals surface area contributed by atoms with Crippen molar-refractivity contribution in [3.63, 3.8) is 0 Å². The topological polar surface area (TPSA) is 96.5 Å². The highest BCUT2D eigenvalue weighted by molar-refractivity contribution is 6.04. The highest BCUT2D eigenvalue weighted by Gasteiger charge is 2.22. The van der Waals surface area contributed by atoms with Gasteiger partial charge in [0.15, 0.2) is 5.69 Å². The number of carbonyl (C=O) groups excluding carboxylic acids is 1. The van der Waals surface area contributed by atoms with Crippen LogP contribution in [0.25, 0.3) is 10.9 Å². The lowest BCUT2D eigenvalue weighted by molar-refractivity contribution is 0.0335.